The molecular weight excluding hydrogens is 212 g/mol. The molecule has 0 spiro atoms. The van der Waals surface area contributed by atoms with E-state index in [0.29, 0.717) is 0 Å². The van der Waals surface area contributed by atoms with Gasteiger partial charge in [-0.1, -0.05) is 45.9 Å². The van der Waals surface area contributed by atoms with Gasteiger partial charge in [-0.3, -0.25) is 4.18 Å². The molecule has 4 heteroatoms. The number of hydrogen-bond acceptors (Lipinski definition) is 3. The zero-order chi connectivity index (χ0) is 12.3. The fourth-order valence-electron chi connectivity index (χ4n) is 0.683. The maximum absolute atomic E-state index is 11.0. The molecule has 0 heterocycles. The van der Waals surface area contributed by atoms with Crippen molar-refractivity contribution in [2.24, 2.45) is 0 Å². The monoisotopic (exact) mass is 232 g/mol. The Kier molecular flexibility index (Phi) is 10.7. The van der Waals surface area contributed by atoms with Crippen LogP contribution < -0.4 is 0 Å². The number of benzene rings is 1. The van der Waals surface area contributed by atoms with E-state index >= 15 is 0 Å². The second-order valence-corrected chi connectivity index (χ2v) is 3.65. The SMILES string of the molecule is CC.CC.COS(=O)(=O)c1ccccc1. The van der Waals surface area contributed by atoms with Gasteiger partial charge in [0.25, 0.3) is 10.1 Å². The van der Waals surface area contributed by atoms with Gasteiger partial charge in [-0.2, -0.15) is 8.42 Å². The fourth-order valence-corrected chi connectivity index (χ4v) is 1.37. The van der Waals surface area contributed by atoms with Crippen LogP contribution in [0, 0.1) is 0 Å². The first-order valence-electron chi connectivity index (χ1n) is 5.02. The molecule has 1 aromatic rings. The molecule has 0 aliphatic carbocycles. The van der Waals surface area contributed by atoms with Crippen LogP contribution in [0.1, 0.15) is 27.7 Å². The van der Waals surface area contributed by atoms with Crippen molar-refractivity contribution >= 4 is 10.1 Å². The maximum atomic E-state index is 11.0. The highest BCUT2D eigenvalue weighted by molar-refractivity contribution is 7.86. The van der Waals surface area contributed by atoms with E-state index in [9.17, 15) is 8.42 Å². The van der Waals surface area contributed by atoms with E-state index in [1.807, 2.05) is 27.7 Å². The molecule has 0 aliphatic heterocycles. The van der Waals surface area contributed by atoms with Crippen LogP contribution in [0.3, 0.4) is 0 Å². The Balaban J connectivity index is 0. The molecule has 0 aromatic heterocycles. The summed E-state index contributed by atoms with van der Waals surface area (Å²) >= 11 is 0. The molecule has 15 heavy (non-hydrogen) atoms. The highest BCUT2D eigenvalue weighted by Crippen LogP contribution is 2.09. The Labute approximate surface area is 93.2 Å². The zero-order valence-electron chi connectivity index (χ0n) is 10.0. The van der Waals surface area contributed by atoms with Gasteiger partial charge < -0.3 is 0 Å². The molecule has 0 N–H and O–H groups in total. The smallest absolute Gasteiger partial charge is 0.270 e. The lowest BCUT2D eigenvalue weighted by atomic mass is 10.4. The van der Waals surface area contributed by atoms with E-state index in [-0.39, 0.29) is 4.90 Å². The standard InChI is InChI=1S/C7H8O3S.2C2H6/c1-10-11(8,9)7-5-3-2-4-6-7;2*1-2/h2-6H,1H3;2*1-2H3. The van der Waals surface area contributed by atoms with Crippen LogP contribution in [0.5, 0.6) is 0 Å². The van der Waals surface area contributed by atoms with Gasteiger partial charge in [0.15, 0.2) is 0 Å². The van der Waals surface area contributed by atoms with Crippen LogP contribution in [0.2, 0.25) is 0 Å². The lowest BCUT2D eigenvalue weighted by molar-refractivity contribution is 0.398. The highest BCUT2D eigenvalue weighted by atomic mass is 32.2. The molecule has 0 bridgehead atoms. The van der Waals surface area contributed by atoms with Gasteiger partial charge in [-0.15, -0.1) is 0 Å². The minimum absolute atomic E-state index is 0.183. The molecule has 0 radical (unpaired) electrons. The molecule has 0 fully saturated rings. The highest BCUT2D eigenvalue weighted by Gasteiger charge is 2.10. The summed E-state index contributed by atoms with van der Waals surface area (Å²) < 4.78 is 26.3. The Hall–Kier alpha value is -0.870. The molecule has 1 aromatic carbocycles. The maximum Gasteiger partial charge on any atom is 0.296 e. The van der Waals surface area contributed by atoms with Gasteiger partial charge in [-0.05, 0) is 12.1 Å². The van der Waals surface area contributed by atoms with Crippen molar-refractivity contribution in [1.82, 2.24) is 0 Å². The third-order valence-electron chi connectivity index (χ3n) is 1.25. The molecule has 0 amide bonds. The third-order valence-corrected chi connectivity index (χ3v) is 2.54. The van der Waals surface area contributed by atoms with Crippen LogP contribution >= 0.6 is 0 Å². The summed E-state index contributed by atoms with van der Waals surface area (Å²) in [5.41, 5.74) is 0. The minimum Gasteiger partial charge on any atom is -0.270 e. The fraction of sp³-hybridized carbons (Fsp3) is 0.455. The minimum atomic E-state index is -3.50. The van der Waals surface area contributed by atoms with E-state index < -0.39 is 10.1 Å². The van der Waals surface area contributed by atoms with E-state index in [0.717, 1.165) is 7.11 Å². The van der Waals surface area contributed by atoms with E-state index in [1.165, 1.54) is 12.1 Å². The van der Waals surface area contributed by atoms with Gasteiger partial charge in [0.2, 0.25) is 0 Å². The van der Waals surface area contributed by atoms with E-state index in [1.54, 1.807) is 18.2 Å². The van der Waals surface area contributed by atoms with Crippen molar-refractivity contribution in [1.29, 1.82) is 0 Å². The van der Waals surface area contributed by atoms with Gasteiger partial charge in [-0.25, -0.2) is 0 Å². The van der Waals surface area contributed by atoms with Crippen molar-refractivity contribution < 1.29 is 12.6 Å². The lowest BCUT2D eigenvalue weighted by Crippen LogP contribution is -2.01. The predicted octanol–water partition coefficient (Wildman–Crippen LogP) is 3.07. The average Bonchev–Trinajstić information content (AvgIpc) is 2.35. The van der Waals surface area contributed by atoms with E-state index in [4.69, 9.17) is 0 Å². The van der Waals surface area contributed by atoms with Gasteiger partial charge >= 0.3 is 0 Å². The van der Waals surface area contributed by atoms with Crippen molar-refractivity contribution in [3.05, 3.63) is 30.3 Å². The quantitative estimate of drug-likeness (QED) is 0.736. The Bertz CT molecular complexity index is 317. The van der Waals surface area contributed by atoms with Crippen LogP contribution in [0.25, 0.3) is 0 Å². The molecule has 0 atom stereocenters. The van der Waals surface area contributed by atoms with Crippen LogP contribution in [0.15, 0.2) is 35.2 Å². The normalized spacial score (nSPS) is 9.13. The van der Waals surface area contributed by atoms with Gasteiger partial charge in [0.05, 0.1) is 12.0 Å². The topological polar surface area (TPSA) is 43.4 Å². The van der Waals surface area contributed by atoms with Crippen molar-refractivity contribution in [2.75, 3.05) is 7.11 Å². The lowest BCUT2D eigenvalue weighted by Gasteiger charge is -1.98. The average molecular weight is 232 g/mol. The molecule has 1 rings (SSSR count). The second kappa shape index (κ2) is 9.68. The third kappa shape index (κ3) is 6.25. The summed E-state index contributed by atoms with van der Waals surface area (Å²) in [6.07, 6.45) is 0. The predicted molar refractivity (Wildman–Crippen MR) is 63.3 cm³/mol. The molecule has 0 unspecified atom stereocenters. The van der Waals surface area contributed by atoms with Crippen molar-refractivity contribution in [3.8, 4) is 0 Å². The molecule has 0 saturated heterocycles. The second-order valence-electron chi connectivity index (χ2n) is 1.93. The first kappa shape index (κ1) is 16.6. The zero-order valence-corrected chi connectivity index (χ0v) is 10.8. The number of hydrogen-bond donors (Lipinski definition) is 0. The Morgan fingerprint density at radius 2 is 1.33 bits per heavy atom. The summed E-state index contributed by atoms with van der Waals surface area (Å²) in [6.45, 7) is 8.00. The van der Waals surface area contributed by atoms with Gasteiger partial charge in [0, 0.05) is 0 Å². The molecule has 88 valence electrons. The summed E-state index contributed by atoms with van der Waals surface area (Å²) in [7, 11) is -2.36. The summed E-state index contributed by atoms with van der Waals surface area (Å²) in [5, 5.41) is 0. The largest absolute Gasteiger partial charge is 0.296 e. The Morgan fingerprint density at radius 3 is 1.67 bits per heavy atom. The van der Waals surface area contributed by atoms with Crippen LogP contribution in [-0.2, 0) is 14.3 Å². The van der Waals surface area contributed by atoms with Gasteiger partial charge in [0.1, 0.15) is 0 Å². The molecular formula is C11H20O3S. The van der Waals surface area contributed by atoms with Crippen LogP contribution in [0.4, 0.5) is 0 Å². The van der Waals surface area contributed by atoms with Crippen LogP contribution in [-0.4, -0.2) is 15.5 Å². The van der Waals surface area contributed by atoms with Crippen molar-refractivity contribution in [3.63, 3.8) is 0 Å². The summed E-state index contributed by atoms with van der Waals surface area (Å²) in [5.74, 6) is 0. The summed E-state index contributed by atoms with van der Waals surface area (Å²) in [6, 6.07) is 8.00. The Morgan fingerprint density at radius 1 is 0.933 bits per heavy atom. The van der Waals surface area contributed by atoms with E-state index in [2.05, 4.69) is 4.18 Å². The molecule has 0 saturated carbocycles. The number of rotatable bonds is 2. The van der Waals surface area contributed by atoms with Crippen molar-refractivity contribution in [2.45, 2.75) is 32.6 Å². The molecule has 3 nitrogen and oxygen atoms in total. The molecule has 0 aliphatic rings. The first-order valence-corrected chi connectivity index (χ1v) is 6.43. The first-order chi connectivity index (χ1) is 7.17. The summed E-state index contributed by atoms with van der Waals surface area (Å²) in [4.78, 5) is 0.183.